The molecule has 14 rings (SSSR count). The molecule has 2 fully saturated rings. The number of halogens is 7. The molecule has 0 amide bonds. The molecular formula is C52H53Cl7N22NaOS11-. The maximum absolute atomic E-state index is 13.0. The fourth-order valence-corrected chi connectivity index (χ4v) is 19.5. The van der Waals surface area contributed by atoms with Gasteiger partial charge < -0.3 is 56.9 Å². The quantitative estimate of drug-likeness (QED) is 0.0321. The van der Waals surface area contributed by atoms with E-state index in [1.807, 2.05) is 31.8 Å². The number of fused-ring (bicyclic) bond motifs is 2. The Morgan fingerprint density at radius 1 is 0.553 bits per heavy atom. The van der Waals surface area contributed by atoms with Crippen LogP contribution >= 0.6 is 185 Å². The molecule has 94 heavy (non-hydrogen) atoms. The molecule has 2 spiro atoms. The first-order valence-electron chi connectivity index (χ1n) is 27.0. The van der Waals surface area contributed by atoms with Crippen LogP contribution in [0.25, 0.3) is 0 Å². The van der Waals surface area contributed by atoms with Crippen molar-refractivity contribution in [3.05, 3.63) is 120 Å². The van der Waals surface area contributed by atoms with E-state index in [1.54, 1.807) is 56.6 Å². The molecular weight excluding hydrogens is 1570 g/mol. The normalized spacial score (nSPS) is 16.8. The number of piperidine rings is 2. The van der Waals surface area contributed by atoms with Gasteiger partial charge in [0.05, 0.1) is 74.0 Å². The van der Waals surface area contributed by atoms with Crippen LogP contribution in [-0.2, 0) is 37.3 Å². The Bertz CT molecular complexity index is 4130. The van der Waals surface area contributed by atoms with Crippen LogP contribution < -0.4 is 72.7 Å². The van der Waals surface area contributed by atoms with Crippen molar-refractivity contribution >= 4 is 244 Å². The van der Waals surface area contributed by atoms with E-state index in [4.69, 9.17) is 110 Å². The van der Waals surface area contributed by atoms with Crippen LogP contribution in [0.15, 0.2) is 85.4 Å². The molecule has 10 aromatic heterocycles. The van der Waals surface area contributed by atoms with Crippen molar-refractivity contribution in [3.8, 4) is 0 Å². The van der Waals surface area contributed by atoms with Crippen molar-refractivity contribution in [2.24, 2.45) is 16.6 Å². The van der Waals surface area contributed by atoms with Gasteiger partial charge in [-0.3, -0.25) is 4.98 Å². The van der Waals surface area contributed by atoms with E-state index in [9.17, 15) is 4.21 Å². The van der Waals surface area contributed by atoms with Crippen LogP contribution in [0.4, 0.5) is 34.9 Å². The average molecular weight is 1630 g/mol. The summed E-state index contributed by atoms with van der Waals surface area (Å²) in [6.07, 6.45) is 14.7. The van der Waals surface area contributed by atoms with Gasteiger partial charge in [0.1, 0.15) is 52.5 Å². The first-order chi connectivity index (χ1) is 43.9. The van der Waals surface area contributed by atoms with Crippen LogP contribution in [0.1, 0.15) is 79.7 Å². The summed E-state index contributed by atoms with van der Waals surface area (Å²) in [5, 5.41) is 11.3. The topological polar surface area (TPSA) is 346 Å². The van der Waals surface area contributed by atoms with Crippen LogP contribution in [0, 0.1) is 17.0 Å². The molecule has 0 aromatic carbocycles. The van der Waals surface area contributed by atoms with Crippen molar-refractivity contribution in [2.75, 3.05) is 58.9 Å². The monoisotopic (exact) mass is 1620 g/mol. The van der Waals surface area contributed by atoms with Gasteiger partial charge in [-0.25, -0.2) is 68.7 Å². The first-order valence-corrected chi connectivity index (χ1v) is 38.5. The Labute approximate surface area is 644 Å². The summed E-state index contributed by atoms with van der Waals surface area (Å²) in [6.45, 7) is 9.44. The largest absolute Gasteiger partial charge is 1.00 e. The van der Waals surface area contributed by atoms with E-state index in [1.165, 1.54) is 103 Å². The summed E-state index contributed by atoms with van der Waals surface area (Å²) < 4.78 is 18.9. The molecule has 11 N–H and O–H groups in total. The zero-order valence-electron chi connectivity index (χ0n) is 49.6. The fraction of sp³-hybridized carbons (Fsp3) is 0.346. The number of anilines is 6. The second-order valence-electron chi connectivity index (χ2n) is 21.2. The molecule has 3 atom stereocenters. The van der Waals surface area contributed by atoms with Gasteiger partial charge in [0.15, 0.2) is 34.9 Å². The summed E-state index contributed by atoms with van der Waals surface area (Å²) >= 11 is 52.4. The molecule has 0 bridgehead atoms. The number of thiazole rings is 6. The number of thiol groups is 1. The molecule has 0 saturated carbocycles. The zero-order chi connectivity index (χ0) is 65.5. The molecule has 12 heterocycles. The molecule has 42 heteroatoms. The molecule has 2 saturated heterocycles. The van der Waals surface area contributed by atoms with E-state index >= 15 is 0 Å². The summed E-state index contributed by atoms with van der Waals surface area (Å²) in [6, 6.07) is 0.0342. The van der Waals surface area contributed by atoms with Gasteiger partial charge in [0.25, 0.3) is 0 Å². The predicted octanol–water partition coefficient (Wildman–Crippen LogP) is 11.0. The van der Waals surface area contributed by atoms with Crippen LogP contribution in [-0.4, -0.2) is 105 Å². The van der Waals surface area contributed by atoms with Gasteiger partial charge in [-0.2, -0.15) is 0 Å². The smallest absolute Gasteiger partial charge is 0.813 e. The van der Waals surface area contributed by atoms with Crippen LogP contribution in [0.3, 0.4) is 0 Å². The SMILES string of the molecule is CC(C)(C)[S@@](=O)N[C@@H]1c2ncsc2CC12CCN(c1cnc(Sc3nc(Cl)cs3)c(N)n1)CC2.Clc1csc(Cl)n1.Nc1[c-]ncc(Cl)n1.Nc1nc(Cl)cnc1Sc1nc(Cl)cs1.Nc1nc(N2CCC3(CC2)Cc2scnc2[C@H]3N)cnc1Sc1nc(Cl)cs1.[Na+].[SH-]. The van der Waals surface area contributed by atoms with Gasteiger partial charge in [-0.1, -0.05) is 87.4 Å². The first kappa shape index (κ1) is 77.1. The molecule has 2 aliphatic carbocycles. The minimum absolute atomic E-state index is 0. The van der Waals surface area contributed by atoms with Crippen molar-refractivity contribution in [2.45, 2.75) is 104 Å². The average Bonchev–Trinajstić information content (AvgIpc) is 1.58. The Hall–Kier alpha value is -2.60. The fourth-order valence-electron chi connectivity index (χ4n) is 9.86. The van der Waals surface area contributed by atoms with E-state index in [0.29, 0.717) is 62.8 Å². The molecule has 0 unspecified atom stereocenters. The number of aromatic nitrogens is 14. The number of hydrogen-bond donors (Lipinski definition) is 6. The van der Waals surface area contributed by atoms with Gasteiger partial charge in [-0.15, -0.1) is 74.2 Å². The minimum atomic E-state index is -1.16. The third kappa shape index (κ3) is 20.1. The molecule has 494 valence electrons. The van der Waals surface area contributed by atoms with Gasteiger partial charge >= 0.3 is 29.6 Å². The van der Waals surface area contributed by atoms with Crippen molar-refractivity contribution in [3.63, 3.8) is 0 Å². The Morgan fingerprint density at radius 3 is 1.36 bits per heavy atom. The van der Waals surface area contributed by atoms with E-state index < -0.39 is 11.0 Å². The van der Waals surface area contributed by atoms with Crippen LogP contribution in [0.5, 0.6) is 0 Å². The molecule has 2 aliphatic heterocycles. The maximum atomic E-state index is 13.0. The minimum Gasteiger partial charge on any atom is -0.813 e. The molecule has 4 aliphatic rings. The van der Waals surface area contributed by atoms with Gasteiger partial charge in [0.2, 0.25) is 0 Å². The Kier molecular flexibility index (Phi) is 28.4. The number of nitrogens with one attached hydrogen (secondary N) is 1. The number of rotatable bonds is 10. The van der Waals surface area contributed by atoms with E-state index in [-0.39, 0.29) is 81.7 Å². The summed E-state index contributed by atoms with van der Waals surface area (Å²) in [5.74, 6) is 2.91. The van der Waals surface area contributed by atoms with Gasteiger partial charge in [-0.05, 0) is 100.0 Å². The predicted molar refractivity (Wildman–Crippen MR) is 389 cm³/mol. The summed E-state index contributed by atoms with van der Waals surface area (Å²) in [5.41, 5.74) is 35.9. The number of nitrogens with zero attached hydrogens (tertiary/aromatic N) is 16. The van der Waals surface area contributed by atoms with Crippen LogP contribution in [0.2, 0.25) is 35.4 Å². The Balaban J connectivity index is 0.000000168. The van der Waals surface area contributed by atoms with Crippen molar-refractivity contribution in [1.82, 2.24) is 74.5 Å². The molecule has 10 aromatic rings. The third-order valence-electron chi connectivity index (χ3n) is 14.3. The number of nitrogen functional groups attached to an aromatic ring is 4. The third-order valence-corrected chi connectivity index (χ3v) is 26.1. The second kappa shape index (κ2) is 34.7. The van der Waals surface area contributed by atoms with E-state index in [0.717, 1.165) is 101 Å². The number of hydrogen-bond acceptors (Lipinski definition) is 32. The summed E-state index contributed by atoms with van der Waals surface area (Å²) in [4.78, 5) is 65.8. The van der Waals surface area contributed by atoms with Crippen molar-refractivity contribution < 1.29 is 33.8 Å². The number of nitrogens with two attached hydrogens (primary N) is 5. The summed E-state index contributed by atoms with van der Waals surface area (Å²) in [7, 11) is -1.16. The van der Waals surface area contributed by atoms with E-state index in [2.05, 4.69) is 90.5 Å². The second-order valence-corrected chi connectivity index (χ2v) is 35.2. The zero-order valence-corrected chi connectivity index (χ0v) is 66.0. The van der Waals surface area contributed by atoms with Crippen molar-refractivity contribution in [1.29, 1.82) is 0 Å². The standard InChI is InChI=1S/C21H26ClN7OS4.C17H18ClN7S3.C7H4Cl2N4S2.C4H3ClN3.C3HCl2NS.Na.H2S/c1-20(2,3)34(30)28-16-15-12(32-11-25-15)8-21(16)4-6-29(7-5-21)14-9-24-18(17(23)27-14)33-19-26-13(22)10-31-19;18-10-7-26-16(23-10)28-15-14(20)24-11(6-21-15)25-3-1-17(2-4-25)5-9-12(13(17)19)22-8-27-9;8-3-1-11-6(5(10)12-3)15-7-13-4(9)2-14-7;5-3-1-7-2-4(6)8-3;4-2-1-7-3(5)6-2;;/h9-11,16,28H,4-8H2,1-3H3,(H2,23,27);6-8,13H,1-5,19H2,(H2,20,24);1-2H,(H2,10,12);1H,(H2,6,8);1H;;1H2/q;;;-1;;+1;/p-1/t16-,34-;13-;;;;;/m11...../s1. The maximum Gasteiger partial charge on any atom is 1.00 e. The molecule has 23 nitrogen and oxygen atoms in total. The Morgan fingerprint density at radius 2 is 0.979 bits per heavy atom. The van der Waals surface area contributed by atoms with Gasteiger partial charge in [0, 0.05) is 68.7 Å². The molecule has 0 radical (unpaired) electrons.